The van der Waals surface area contributed by atoms with Gasteiger partial charge in [0.05, 0.1) is 6.21 Å². The number of carbonyl (C=O) groups is 1. The van der Waals surface area contributed by atoms with E-state index in [2.05, 4.69) is 30.4 Å². The van der Waals surface area contributed by atoms with Gasteiger partial charge in [0, 0.05) is 9.75 Å². The average Bonchev–Trinajstić information content (AvgIpc) is 2.90. The molecule has 2 rings (SSSR count). The predicted octanol–water partition coefficient (Wildman–Crippen LogP) is 4.02. The maximum absolute atomic E-state index is 11.8. The van der Waals surface area contributed by atoms with E-state index in [1.54, 1.807) is 17.6 Å². The Hall–Kier alpha value is -2.14. The summed E-state index contributed by atoms with van der Waals surface area (Å²) in [5.74, 6) is 0.826. The van der Waals surface area contributed by atoms with Crippen LogP contribution in [-0.2, 0) is 4.79 Å². The third-order valence-electron chi connectivity index (χ3n) is 3.29. The molecule has 0 aliphatic rings. The van der Waals surface area contributed by atoms with Gasteiger partial charge >= 0.3 is 0 Å². The Labute approximate surface area is 141 Å². The molecule has 0 spiro atoms. The second-order valence-electron chi connectivity index (χ2n) is 5.73. The molecule has 0 atom stereocenters. The normalized spacial score (nSPS) is 11.2. The number of carbonyl (C=O) groups excluding carboxylic acids is 1. The third-order valence-corrected chi connectivity index (χ3v) is 4.23. The summed E-state index contributed by atoms with van der Waals surface area (Å²) in [4.78, 5) is 14.0. The highest BCUT2D eigenvalue weighted by Gasteiger charge is 2.10. The van der Waals surface area contributed by atoms with Crippen molar-refractivity contribution >= 4 is 23.5 Å². The zero-order valence-corrected chi connectivity index (χ0v) is 14.7. The Morgan fingerprint density at radius 3 is 2.74 bits per heavy atom. The number of hydrazone groups is 1. The second-order valence-corrected chi connectivity index (χ2v) is 7.05. The number of ether oxygens (including phenoxy) is 1. The summed E-state index contributed by atoms with van der Waals surface area (Å²) in [5.41, 5.74) is 4.69. The molecule has 1 N–H and O–H groups in total. The Bertz CT molecular complexity index is 705. The summed E-state index contributed by atoms with van der Waals surface area (Å²) in [7, 11) is 0. The van der Waals surface area contributed by atoms with Crippen molar-refractivity contribution in [3.8, 4) is 5.75 Å². The number of thiophene rings is 1. The van der Waals surface area contributed by atoms with Gasteiger partial charge in [0.25, 0.3) is 5.91 Å². The van der Waals surface area contributed by atoms with Gasteiger partial charge in [-0.2, -0.15) is 5.10 Å². The summed E-state index contributed by atoms with van der Waals surface area (Å²) in [6, 6.07) is 10.0. The lowest BCUT2D eigenvalue weighted by atomic mass is 10.0. The van der Waals surface area contributed by atoms with Crippen LogP contribution in [0.4, 0.5) is 0 Å². The number of rotatable bonds is 6. The van der Waals surface area contributed by atoms with Gasteiger partial charge in [0.1, 0.15) is 5.75 Å². The summed E-state index contributed by atoms with van der Waals surface area (Å²) in [5, 5.41) is 3.95. The van der Waals surface area contributed by atoms with Crippen LogP contribution in [-0.4, -0.2) is 18.7 Å². The first kappa shape index (κ1) is 17.2. The van der Waals surface area contributed by atoms with Crippen molar-refractivity contribution in [1.29, 1.82) is 0 Å². The first-order valence-electron chi connectivity index (χ1n) is 7.57. The van der Waals surface area contributed by atoms with E-state index >= 15 is 0 Å². The molecule has 0 saturated heterocycles. The highest BCUT2D eigenvalue weighted by atomic mass is 32.1. The van der Waals surface area contributed by atoms with Gasteiger partial charge in [-0.1, -0.05) is 26.0 Å². The molecule has 0 radical (unpaired) electrons. The molecule has 1 heterocycles. The molecule has 1 amide bonds. The Kier molecular flexibility index (Phi) is 5.93. The topological polar surface area (TPSA) is 50.7 Å². The highest BCUT2D eigenvalue weighted by molar-refractivity contribution is 7.13. The molecule has 5 heteroatoms. The number of hydrogen-bond donors (Lipinski definition) is 1. The van der Waals surface area contributed by atoms with Crippen LogP contribution in [0.15, 0.2) is 35.4 Å². The van der Waals surface area contributed by atoms with Gasteiger partial charge in [-0.05, 0) is 49.1 Å². The number of nitrogens with zero attached hydrogens (tertiary/aromatic N) is 1. The van der Waals surface area contributed by atoms with E-state index in [0.717, 1.165) is 21.8 Å². The lowest BCUT2D eigenvalue weighted by Gasteiger charge is -2.14. The van der Waals surface area contributed by atoms with Crippen LogP contribution in [0.1, 0.15) is 40.6 Å². The van der Waals surface area contributed by atoms with Gasteiger partial charge in [-0.15, -0.1) is 11.3 Å². The van der Waals surface area contributed by atoms with Crippen LogP contribution in [0.3, 0.4) is 0 Å². The van der Waals surface area contributed by atoms with Crippen molar-refractivity contribution in [3.63, 3.8) is 0 Å². The monoisotopic (exact) mass is 330 g/mol. The molecule has 2 aromatic rings. The van der Waals surface area contributed by atoms with Gasteiger partial charge in [-0.3, -0.25) is 4.79 Å². The molecule has 0 aliphatic heterocycles. The lowest BCUT2D eigenvalue weighted by molar-refractivity contribution is -0.123. The molecule has 0 fully saturated rings. The number of hydrogen-bond acceptors (Lipinski definition) is 4. The van der Waals surface area contributed by atoms with Crippen molar-refractivity contribution in [3.05, 3.63) is 51.2 Å². The fourth-order valence-electron chi connectivity index (χ4n) is 2.11. The van der Waals surface area contributed by atoms with Crippen LogP contribution in [0.25, 0.3) is 0 Å². The highest BCUT2D eigenvalue weighted by Crippen LogP contribution is 2.27. The van der Waals surface area contributed by atoms with Crippen LogP contribution in [0, 0.1) is 13.8 Å². The molecule has 4 nitrogen and oxygen atoms in total. The molecule has 1 aromatic heterocycles. The average molecular weight is 330 g/mol. The van der Waals surface area contributed by atoms with E-state index in [1.165, 1.54) is 4.88 Å². The largest absolute Gasteiger partial charge is 0.483 e. The predicted molar refractivity (Wildman–Crippen MR) is 95.6 cm³/mol. The summed E-state index contributed by atoms with van der Waals surface area (Å²) in [6.45, 7) is 8.19. The van der Waals surface area contributed by atoms with Crippen LogP contribution >= 0.6 is 11.3 Å². The first-order valence-corrected chi connectivity index (χ1v) is 8.39. The SMILES string of the molecule is Cc1ccc(C(C)C)c(OCC(=O)NN=Cc2ccc(C)s2)c1. The van der Waals surface area contributed by atoms with E-state index in [9.17, 15) is 4.79 Å². The van der Waals surface area contributed by atoms with Gasteiger partial charge in [-0.25, -0.2) is 5.43 Å². The maximum Gasteiger partial charge on any atom is 0.277 e. The standard InChI is InChI=1S/C18H22N2O2S/c1-12(2)16-8-5-13(3)9-17(16)22-11-18(21)20-19-10-15-7-6-14(4)23-15/h5-10,12H,11H2,1-4H3,(H,20,21). The minimum absolute atomic E-state index is 0.0516. The number of amides is 1. The summed E-state index contributed by atoms with van der Waals surface area (Å²) >= 11 is 1.62. The van der Waals surface area contributed by atoms with Crippen molar-refractivity contribution < 1.29 is 9.53 Å². The van der Waals surface area contributed by atoms with E-state index in [1.807, 2.05) is 38.1 Å². The van der Waals surface area contributed by atoms with Gasteiger partial charge in [0.2, 0.25) is 0 Å². The summed E-state index contributed by atoms with van der Waals surface area (Å²) in [6.07, 6.45) is 1.64. The van der Waals surface area contributed by atoms with Crippen LogP contribution in [0.5, 0.6) is 5.75 Å². The van der Waals surface area contributed by atoms with Crippen LogP contribution in [0.2, 0.25) is 0 Å². The van der Waals surface area contributed by atoms with E-state index in [0.29, 0.717) is 5.92 Å². The van der Waals surface area contributed by atoms with Crippen LogP contribution < -0.4 is 10.2 Å². The third kappa shape index (κ3) is 5.21. The van der Waals surface area contributed by atoms with Crippen molar-refractivity contribution in [2.45, 2.75) is 33.6 Å². The maximum atomic E-state index is 11.8. The second kappa shape index (κ2) is 7.92. The quantitative estimate of drug-likeness (QED) is 0.642. The first-order chi connectivity index (χ1) is 11.0. The van der Waals surface area contributed by atoms with Crippen molar-refractivity contribution in [1.82, 2.24) is 5.43 Å². The lowest BCUT2D eigenvalue weighted by Crippen LogP contribution is -2.24. The molecule has 0 unspecified atom stereocenters. The zero-order valence-electron chi connectivity index (χ0n) is 13.9. The minimum atomic E-state index is -0.272. The number of nitrogens with one attached hydrogen (secondary N) is 1. The fourth-order valence-corrected chi connectivity index (χ4v) is 2.86. The zero-order chi connectivity index (χ0) is 16.8. The molecular formula is C18H22N2O2S. The molecule has 0 bridgehead atoms. The molecule has 23 heavy (non-hydrogen) atoms. The number of aryl methyl sites for hydroxylation is 2. The van der Waals surface area contributed by atoms with Crippen molar-refractivity contribution in [2.24, 2.45) is 5.10 Å². The smallest absolute Gasteiger partial charge is 0.277 e. The van der Waals surface area contributed by atoms with Crippen molar-refractivity contribution in [2.75, 3.05) is 6.61 Å². The molecule has 1 aromatic carbocycles. The Balaban J connectivity index is 1.89. The van der Waals surface area contributed by atoms with Gasteiger partial charge < -0.3 is 4.74 Å². The number of benzene rings is 1. The minimum Gasteiger partial charge on any atom is -0.483 e. The molecule has 0 saturated carbocycles. The molecule has 122 valence electrons. The summed E-state index contributed by atoms with van der Waals surface area (Å²) < 4.78 is 5.66. The van der Waals surface area contributed by atoms with E-state index in [-0.39, 0.29) is 12.5 Å². The Morgan fingerprint density at radius 1 is 1.30 bits per heavy atom. The molecule has 0 aliphatic carbocycles. The Morgan fingerprint density at radius 2 is 2.09 bits per heavy atom. The van der Waals surface area contributed by atoms with Gasteiger partial charge in [0.15, 0.2) is 6.61 Å². The van der Waals surface area contributed by atoms with E-state index < -0.39 is 0 Å². The van der Waals surface area contributed by atoms with E-state index in [4.69, 9.17) is 4.74 Å². The molecular weight excluding hydrogens is 308 g/mol. The fraction of sp³-hybridized carbons (Fsp3) is 0.333.